The van der Waals surface area contributed by atoms with E-state index in [0.717, 1.165) is 0 Å². The Hall–Kier alpha value is -1.62. The zero-order valence-electron chi connectivity index (χ0n) is 9.29. The zero-order chi connectivity index (χ0) is 12.1. The van der Waals surface area contributed by atoms with E-state index < -0.39 is 5.82 Å². The Bertz CT molecular complexity index is 380. The highest BCUT2D eigenvalue weighted by Gasteiger charge is 2.07. The van der Waals surface area contributed by atoms with Gasteiger partial charge in [-0.05, 0) is 26.0 Å². The second kappa shape index (κ2) is 5.46. The van der Waals surface area contributed by atoms with Gasteiger partial charge in [0.05, 0.1) is 12.6 Å². The Morgan fingerprint density at radius 2 is 2.25 bits per heavy atom. The van der Waals surface area contributed by atoms with Gasteiger partial charge < -0.3 is 15.8 Å². The number of hydrogen-bond acceptors (Lipinski definition) is 3. The Morgan fingerprint density at radius 3 is 2.75 bits per heavy atom. The van der Waals surface area contributed by atoms with Crippen molar-refractivity contribution in [3.8, 4) is 5.75 Å². The molecule has 0 aliphatic carbocycles. The highest BCUT2D eigenvalue weighted by Crippen LogP contribution is 2.22. The van der Waals surface area contributed by atoms with Gasteiger partial charge in [-0.2, -0.15) is 0 Å². The van der Waals surface area contributed by atoms with Crippen LogP contribution in [0.25, 0.3) is 0 Å². The van der Waals surface area contributed by atoms with Crippen LogP contribution in [0.1, 0.15) is 13.8 Å². The minimum atomic E-state index is -0.511. The first-order chi connectivity index (χ1) is 7.52. The van der Waals surface area contributed by atoms with Crippen molar-refractivity contribution in [3.05, 3.63) is 24.0 Å². The summed E-state index contributed by atoms with van der Waals surface area (Å²) in [5.74, 6) is -0.707. The number of benzene rings is 1. The van der Waals surface area contributed by atoms with E-state index in [1.54, 1.807) is 6.07 Å². The van der Waals surface area contributed by atoms with Gasteiger partial charge in [-0.25, -0.2) is 4.39 Å². The fraction of sp³-hybridized carbons (Fsp3) is 0.364. The molecular weight excluding hydrogens is 211 g/mol. The number of nitrogens with two attached hydrogens (primary N) is 1. The molecule has 88 valence electrons. The van der Waals surface area contributed by atoms with Crippen molar-refractivity contribution in [1.29, 1.82) is 0 Å². The number of ether oxygens (including phenoxy) is 1. The van der Waals surface area contributed by atoms with Crippen LogP contribution >= 0.6 is 0 Å². The summed E-state index contributed by atoms with van der Waals surface area (Å²) in [6.45, 7) is 3.49. The van der Waals surface area contributed by atoms with Gasteiger partial charge in [-0.1, -0.05) is 0 Å². The van der Waals surface area contributed by atoms with E-state index >= 15 is 0 Å². The Labute approximate surface area is 93.6 Å². The largest absolute Gasteiger partial charge is 0.488 e. The van der Waals surface area contributed by atoms with Crippen LogP contribution in [0.2, 0.25) is 0 Å². The molecule has 0 spiro atoms. The van der Waals surface area contributed by atoms with Crippen LogP contribution in [0.15, 0.2) is 18.2 Å². The summed E-state index contributed by atoms with van der Waals surface area (Å²) in [4.78, 5) is 11.0. The highest BCUT2D eigenvalue weighted by molar-refractivity contribution is 5.92. The summed E-state index contributed by atoms with van der Waals surface area (Å²) in [5, 5.41) is 2.45. The Kier molecular flexibility index (Phi) is 4.25. The second-order valence-electron chi connectivity index (χ2n) is 3.56. The summed E-state index contributed by atoms with van der Waals surface area (Å²) >= 11 is 0. The molecular formula is C11H15FN2O2. The number of hydrogen-bond donors (Lipinski definition) is 2. The van der Waals surface area contributed by atoms with Gasteiger partial charge in [0.25, 0.3) is 0 Å². The van der Waals surface area contributed by atoms with Crippen LogP contribution in [0, 0.1) is 5.82 Å². The molecule has 0 radical (unpaired) electrons. The number of rotatable bonds is 4. The molecule has 0 aliphatic rings. The molecule has 0 aliphatic heterocycles. The summed E-state index contributed by atoms with van der Waals surface area (Å²) < 4.78 is 18.7. The van der Waals surface area contributed by atoms with Crippen LogP contribution < -0.4 is 15.8 Å². The fourth-order valence-corrected chi connectivity index (χ4v) is 1.14. The Balaban J connectivity index is 2.78. The van der Waals surface area contributed by atoms with Crippen LogP contribution in [-0.2, 0) is 4.79 Å². The molecule has 0 heterocycles. The standard InChI is InChI=1S/C11H15FN2O2/c1-7(2)16-10-4-3-8(5-9(10)12)14-11(15)6-13/h3-5,7H,6,13H2,1-2H3,(H,14,15). The van der Waals surface area contributed by atoms with Gasteiger partial charge in [-0.3, -0.25) is 4.79 Å². The lowest BCUT2D eigenvalue weighted by molar-refractivity contribution is -0.114. The summed E-state index contributed by atoms with van der Waals surface area (Å²) in [5.41, 5.74) is 5.49. The topological polar surface area (TPSA) is 64.3 Å². The third-order valence-electron chi connectivity index (χ3n) is 1.76. The molecule has 0 aromatic heterocycles. The normalized spacial score (nSPS) is 10.3. The molecule has 4 nitrogen and oxygen atoms in total. The van der Waals surface area contributed by atoms with E-state index in [1.165, 1.54) is 12.1 Å². The molecule has 1 aromatic carbocycles. The van der Waals surface area contributed by atoms with Crippen LogP contribution in [0.4, 0.5) is 10.1 Å². The average Bonchev–Trinajstić information content (AvgIpc) is 2.21. The molecule has 1 rings (SSSR count). The van der Waals surface area contributed by atoms with E-state index in [-0.39, 0.29) is 24.3 Å². The third kappa shape index (κ3) is 3.51. The lowest BCUT2D eigenvalue weighted by Gasteiger charge is -2.11. The van der Waals surface area contributed by atoms with Crippen molar-refractivity contribution in [3.63, 3.8) is 0 Å². The van der Waals surface area contributed by atoms with Crippen molar-refractivity contribution < 1.29 is 13.9 Å². The van der Waals surface area contributed by atoms with Crippen LogP contribution in [0.3, 0.4) is 0 Å². The molecule has 1 amide bonds. The number of anilines is 1. The van der Waals surface area contributed by atoms with E-state index in [9.17, 15) is 9.18 Å². The van der Waals surface area contributed by atoms with Crippen LogP contribution in [-0.4, -0.2) is 18.6 Å². The van der Waals surface area contributed by atoms with Gasteiger partial charge in [0, 0.05) is 11.8 Å². The van der Waals surface area contributed by atoms with Gasteiger partial charge in [-0.15, -0.1) is 0 Å². The average molecular weight is 226 g/mol. The predicted octanol–water partition coefficient (Wildman–Crippen LogP) is 1.51. The molecule has 0 fully saturated rings. The molecule has 3 N–H and O–H groups in total. The van der Waals surface area contributed by atoms with Crippen molar-refractivity contribution in [2.45, 2.75) is 20.0 Å². The SMILES string of the molecule is CC(C)Oc1ccc(NC(=O)CN)cc1F. The molecule has 0 atom stereocenters. The third-order valence-corrected chi connectivity index (χ3v) is 1.76. The molecule has 0 saturated heterocycles. The summed E-state index contributed by atoms with van der Waals surface area (Å²) in [7, 11) is 0. The Morgan fingerprint density at radius 1 is 1.56 bits per heavy atom. The monoisotopic (exact) mass is 226 g/mol. The van der Waals surface area contributed by atoms with Crippen molar-refractivity contribution in [2.75, 3.05) is 11.9 Å². The smallest absolute Gasteiger partial charge is 0.238 e. The van der Waals surface area contributed by atoms with Gasteiger partial charge in [0.15, 0.2) is 11.6 Å². The zero-order valence-corrected chi connectivity index (χ0v) is 9.29. The summed E-state index contributed by atoms with van der Waals surface area (Å²) in [6.07, 6.45) is -0.0982. The van der Waals surface area contributed by atoms with E-state index in [1.807, 2.05) is 13.8 Å². The maximum absolute atomic E-state index is 13.5. The first-order valence-corrected chi connectivity index (χ1v) is 4.99. The number of amides is 1. The second-order valence-corrected chi connectivity index (χ2v) is 3.56. The van der Waals surface area contributed by atoms with E-state index in [2.05, 4.69) is 5.32 Å². The first-order valence-electron chi connectivity index (χ1n) is 4.99. The predicted molar refractivity (Wildman–Crippen MR) is 59.8 cm³/mol. The van der Waals surface area contributed by atoms with Crippen molar-refractivity contribution in [2.24, 2.45) is 5.73 Å². The van der Waals surface area contributed by atoms with E-state index in [4.69, 9.17) is 10.5 Å². The lowest BCUT2D eigenvalue weighted by Crippen LogP contribution is -2.21. The van der Waals surface area contributed by atoms with E-state index in [0.29, 0.717) is 5.69 Å². The van der Waals surface area contributed by atoms with Crippen LogP contribution in [0.5, 0.6) is 5.75 Å². The molecule has 16 heavy (non-hydrogen) atoms. The lowest BCUT2D eigenvalue weighted by atomic mass is 10.3. The minimum Gasteiger partial charge on any atom is -0.488 e. The van der Waals surface area contributed by atoms with Gasteiger partial charge in [0.1, 0.15) is 0 Å². The molecule has 5 heteroatoms. The number of carbonyl (C=O) groups excluding carboxylic acids is 1. The highest BCUT2D eigenvalue weighted by atomic mass is 19.1. The maximum atomic E-state index is 13.5. The summed E-state index contributed by atoms with van der Waals surface area (Å²) in [6, 6.07) is 4.24. The van der Waals surface area contributed by atoms with Crippen molar-refractivity contribution >= 4 is 11.6 Å². The minimum absolute atomic E-state index is 0.0982. The number of halogens is 1. The first kappa shape index (κ1) is 12.4. The van der Waals surface area contributed by atoms with Gasteiger partial charge >= 0.3 is 0 Å². The number of carbonyl (C=O) groups is 1. The molecule has 0 bridgehead atoms. The van der Waals surface area contributed by atoms with Crippen molar-refractivity contribution in [1.82, 2.24) is 0 Å². The number of nitrogens with one attached hydrogen (secondary N) is 1. The van der Waals surface area contributed by atoms with Gasteiger partial charge in [0.2, 0.25) is 5.91 Å². The quantitative estimate of drug-likeness (QED) is 0.817. The fourth-order valence-electron chi connectivity index (χ4n) is 1.14. The molecule has 1 aromatic rings. The maximum Gasteiger partial charge on any atom is 0.238 e. The molecule has 0 unspecified atom stereocenters. The molecule has 0 saturated carbocycles.